The molecule has 3 nitrogen and oxygen atoms in total. The number of anilines is 1. The van der Waals surface area contributed by atoms with Crippen LogP contribution in [0.4, 0.5) is 18.9 Å². The first-order valence-corrected chi connectivity index (χ1v) is 3.92. The predicted octanol–water partition coefficient (Wildman–Crippen LogP) is 1.62. The third kappa shape index (κ3) is 3.21. The molecular formula is C8H10F3N3. The smallest absolute Gasteiger partial charge is 0.390 e. The molecule has 78 valence electrons. The molecule has 0 saturated carbocycles. The fourth-order valence-electron chi connectivity index (χ4n) is 0.990. The second-order valence-corrected chi connectivity index (χ2v) is 2.94. The van der Waals surface area contributed by atoms with Crippen LogP contribution in [-0.2, 0) is 0 Å². The summed E-state index contributed by atoms with van der Waals surface area (Å²) in [4.78, 5) is 3.71. The molecule has 1 rings (SSSR count). The van der Waals surface area contributed by atoms with Gasteiger partial charge in [0.05, 0.1) is 30.0 Å². The molecule has 6 heteroatoms. The van der Waals surface area contributed by atoms with Crippen LogP contribution in [0, 0.1) is 0 Å². The molecule has 14 heavy (non-hydrogen) atoms. The van der Waals surface area contributed by atoms with Crippen molar-refractivity contribution in [1.82, 2.24) is 4.98 Å². The van der Waals surface area contributed by atoms with Crippen molar-refractivity contribution in [2.45, 2.75) is 18.6 Å². The maximum absolute atomic E-state index is 11.9. The molecule has 0 aromatic carbocycles. The van der Waals surface area contributed by atoms with Crippen LogP contribution in [0.3, 0.4) is 0 Å². The van der Waals surface area contributed by atoms with Crippen LogP contribution < -0.4 is 11.5 Å². The number of alkyl halides is 3. The van der Waals surface area contributed by atoms with Gasteiger partial charge in [-0.1, -0.05) is 0 Å². The molecule has 1 aromatic heterocycles. The number of nitrogen functional groups attached to an aromatic ring is 1. The minimum Gasteiger partial charge on any atom is -0.397 e. The average molecular weight is 205 g/mol. The van der Waals surface area contributed by atoms with Gasteiger partial charge in [0.15, 0.2) is 0 Å². The zero-order valence-corrected chi connectivity index (χ0v) is 7.25. The van der Waals surface area contributed by atoms with Gasteiger partial charge in [0.1, 0.15) is 0 Å². The van der Waals surface area contributed by atoms with Crippen molar-refractivity contribution in [3.8, 4) is 0 Å². The van der Waals surface area contributed by atoms with Crippen molar-refractivity contribution in [1.29, 1.82) is 0 Å². The fourth-order valence-corrected chi connectivity index (χ4v) is 0.990. The largest absolute Gasteiger partial charge is 0.397 e. The number of pyridine rings is 1. The number of rotatable bonds is 2. The van der Waals surface area contributed by atoms with E-state index in [2.05, 4.69) is 4.98 Å². The zero-order chi connectivity index (χ0) is 10.8. The first-order chi connectivity index (χ1) is 6.38. The molecule has 0 saturated heterocycles. The molecule has 0 aliphatic heterocycles. The number of halogens is 3. The Bertz CT molecular complexity index is 294. The Balaban J connectivity index is 2.70. The van der Waals surface area contributed by atoms with Crippen molar-refractivity contribution in [2.75, 3.05) is 5.73 Å². The number of hydrogen-bond acceptors (Lipinski definition) is 3. The first-order valence-electron chi connectivity index (χ1n) is 3.92. The Kier molecular flexibility index (Phi) is 2.95. The van der Waals surface area contributed by atoms with E-state index in [0.717, 1.165) is 0 Å². The van der Waals surface area contributed by atoms with Gasteiger partial charge in [-0.15, -0.1) is 0 Å². The highest BCUT2D eigenvalue weighted by molar-refractivity contribution is 5.35. The van der Waals surface area contributed by atoms with Gasteiger partial charge in [0, 0.05) is 0 Å². The molecule has 0 spiro atoms. The molecule has 0 aliphatic carbocycles. The quantitative estimate of drug-likeness (QED) is 0.770. The third-order valence-corrected chi connectivity index (χ3v) is 1.64. The summed E-state index contributed by atoms with van der Waals surface area (Å²) in [6.45, 7) is 0. The molecule has 0 bridgehead atoms. The summed E-state index contributed by atoms with van der Waals surface area (Å²) in [6, 6.07) is 1.74. The van der Waals surface area contributed by atoms with E-state index in [1.54, 1.807) is 0 Å². The number of aromatic nitrogens is 1. The standard InChI is InChI=1S/C8H10F3N3/c9-8(10,11)3-6(13)7-2-1-5(12)4-14-7/h1-2,4,6H,3,12-13H2/t6-/m1/s1. The van der Waals surface area contributed by atoms with E-state index in [1.807, 2.05) is 0 Å². The highest BCUT2D eigenvalue weighted by Crippen LogP contribution is 2.26. The third-order valence-electron chi connectivity index (χ3n) is 1.64. The van der Waals surface area contributed by atoms with Gasteiger partial charge in [0.25, 0.3) is 0 Å². The maximum Gasteiger partial charge on any atom is 0.390 e. The van der Waals surface area contributed by atoms with Gasteiger partial charge in [-0.2, -0.15) is 13.2 Å². The summed E-state index contributed by atoms with van der Waals surface area (Å²) in [5.41, 5.74) is 11.2. The Hall–Kier alpha value is -1.30. The van der Waals surface area contributed by atoms with Crippen molar-refractivity contribution in [3.63, 3.8) is 0 Å². The van der Waals surface area contributed by atoms with E-state index >= 15 is 0 Å². The number of hydrogen-bond donors (Lipinski definition) is 2. The summed E-state index contributed by atoms with van der Waals surface area (Å²) in [6.07, 6.45) is -4.07. The van der Waals surface area contributed by atoms with E-state index in [1.165, 1.54) is 18.3 Å². The fraction of sp³-hybridized carbons (Fsp3) is 0.375. The molecule has 0 unspecified atom stereocenters. The first kappa shape index (κ1) is 10.8. The van der Waals surface area contributed by atoms with Gasteiger partial charge in [0.2, 0.25) is 0 Å². The molecule has 1 heterocycles. The summed E-state index contributed by atoms with van der Waals surface area (Å²) in [7, 11) is 0. The highest BCUT2D eigenvalue weighted by atomic mass is 19.4. The van der Waals surface area contributed by atoms with Crippen molar-refractivity contribution in [2.24, 2.45) is 5.73 Å². The molecule has 0 amide bonds. The van der Waals surface area contributed by atoms with E-state index < -0.39 is 18.6 Å². The Morgan fingerprint density at radius 3 is 2.43 bits per heavy atom. The van der Waals surface area contributed by atoms with Crippen LogP contribution in [0.1, 0.15) is 18.2 Å². The van der Waals surface area contributed by atoms with Crippen molar-refractivity contribution in [3.05, 3.63) is 24.0 Å². The van der Waals surface area contributed by atoms with Gasteiger partial charge in [-0.05, 0) is 12.1 Å². The predicted molar refractivity (Wildman–Crippen MR) is 46.2 cm³/mol. The molecule has 1 aromatic rings. The van der Waals surface area contributed by atoms with Crippen molar-refractivity contribution >= 4 is 5.69 Å². The Morgan fingerprint density at radius 2 is 2.00 bits per heavy atom. The summed E-state index contributed by atoms with van der Waals surface area (Å²) in [5, 5.41) is 0. The molecule has 0 fully saturated rings. The second-order valence-electron chi connectivity index (χ2n) is 2.94. The minimum absolute atomic E-state index is 0.191. The molecule has 4 N–H and O–H groups in total. The number of nitrogens with zero attached hydrogens (tertiary/aromatic N) is 1. The van der Waals surface area contributed by atoms with Gasteiger partial charge in [-0.3, -0.25) is 4.98 Å². The second kappa shape index (κ2) is 3.83. The van der Waals surface area contributed by atoms with Crippen LogP contribution >= 0.6 is 0 Å². The SMILES string of the molecule is Nc1ccc([C@H](N)CC(F)(F)F)nc1. The molecule has 0 radical (unpaired) electrons. The lowest BCUT2D eigenvalue weighted by Gasteiger charge is -2.13. The Morgan fingerprint density at radius 1 is 1.36 bits per heavy atom. The lowest BCUT2D eigenvalue weighted by molar-refractivity contribution is -0.138. The molecule has 0 aliphatic rings. The van der Waals surface area contributed by atoms with Crippen LogP contribution in [0.25, 0.3) is 0 Å². The Labute approximate surface area is 78.9 Å². The summed E-state index contributed by atoms with van der Waals surface area (Å²) in [5.74, 6) is 0. The lowest BCUT2D eigenvalue weighted by atomic mass is 10.1. The monoisotopic (exact) mass is 205 g/mol. The van der Waals surface area contributed by atoms with Gasteiger partial charge < -0.3 is 11.5 Å². The van der Waals surface area contributed by atoms with Gasteiger partial charge >= 0.3 is 6.18 Å². The van der Waals surface area contributed by atoms with E-state index in [9.17, 15) is 13.2 Å². The van der Waals surface area contributed by atoms with Crippen LogP contribution in [0.5, 0.6) is 0 Å². The molecular weight excluding hydrogens is 195 g/mol. The maximum atomic E-state index is 11.9. The van der Waals surface area contributed by atoms with Crippen LogP contribution in [0.2, 0.25) is 0 Å². The van der Waals surface area contributed by atoms with E-state index in [0.29, 0.717) is 5.69 Å². The summed E-state index contributed by atoms with van der Waals surface area (Å²) < 4.78 is 35.8. The normalized spacial score (nSPS) is 14.0. The van der Waals surface area contributed by atoms with Gasteiger partial charge in [-0.25, -0.2) is 0 Å². The average Bonchev–Trinajstić information content (AvgIpc) is 2.02. The summed E-state index contributed by atoms with van der Waals surface area (Å²) >= 11 is 0. The molecule has 1 atom stereocenters. The van der Waals surface area contributed by atoms with E-state index in [-0.39, 0.29) is 5.69 Å². The zero-order valence-electron chi connectivity index (χ0n) is 7.25. The highest BCUT2D eigenvalue weighted by Gasteiger charge is 2.31. The number of nitrogens with two attached hydrogens (primary N) is 2. The van der Waals surface area contributed by atoms with Crippen LogP contribution in [0.15, 0.2) is 18.3 Å². The van der Waals surface area contributed by atoms with Crippen LogP contribution in [-0.4, -0.2) is 11.2 Å². The minimum atomic E-state index is -4.28. The van der Waals surface area contributed by atoms with E-state index in [4.69, 9.17) is 11.5 Å². The topological polar surface area (TPSA) is 64.9 Å². The lowest BCUT2D eigenvalue weighted by Crippen LogP contribution is -2.21. The van der Waals surface area contributed by atoms with Crippen molar-refractivity contribution < 1.29 is 13.2 Å².